The highest BCUT2D eigenvalue weighted by Crippen LogP contribution is 2.23. The van der Waals surface area contributed by atoms with Crippen molar-refractivity contribution in [2.24, 2.45) is 5.92 Å². The molecule has 1 aromatic carbocycles. The molecule has 2 aromatic rings. The minimum Gasteiger partial charge on any atom is -0.353 e. The second-order valence-corrected chi connectivity index (χ2v) is 7.25. The minimum absolute atomic E-state index is 0.0751. The van der Waals surface area contributed by atoms with Crippen molar-refractivity contribution in [1.82, 2.24) is 20.4 Å². The van der Waals surface area contributed by atoms with Crippen LogP contribution in [0.1, 0.15) is 48.0 Å². The lowest BCUT2D eigenvalue weighted by atomic mass is 9.91. The number of benzene rings is 1. The van der Waals surface area contributed by atoms with E-state index in [9.17, 15) is 9.59 Å². The Labute approximate surface area is 166 Å². The topological polar surface area (TPSA) is 78.1 Å². The summed E-state index contributed by atoms with van der Waals surface area (Å²) in [6.45, 7) is 2.38. The van der Waals surface area contributed by atoms with Gasteiger partial charge in [-0.15, -0.1) is 0 Å². The van der Waals surface area contributed by atoms with Crippen LogP contribution in [-0.2, 0) is 4.79 Å². The largest absolute Gasteiger partial charge is 0.353 e. The summed E-state index contributed by atoms with van der Waals surface area (Å²) in [5.74, 6) is 0.746. The first kappa shape index (κ1) is 19.9. The Hall–Kier alpha value is -2.89. The van der Waals surface area contributed by atoms with Crippen LogP contribution in [0.25, 0.3) is 6.08 Å². The molecule has 1 aliphatic rings. The molecule has 6 heteroatoms. The highest BCUT2D eigenvalue weighted by Gasteiger charge is 2.23. The molecule has 2 heterocycles. The third-order valence-corrected chi connectivity index (χ3v) is 5.21. The third kappa shape index (κ3) is 6.08. The molecule has 0 unspecified atom stereocenters. The molecule has 0 bridgehead atoms. The van der Waals surface area contributed by atoms with E-state index in [0.29, 0.717) is 12.5 Å². The van der Waals surface area contributed by atoms with Crippen LogP contribution in [0.4, 0.5) is 0 Å². The molecule has 6 nitrogen and oxygen atoms in total. The van der Waals surface area contributed by atoms with Crippen LogP contribution >= 0.6 is 0 Å². The van der Waals surface area contributed by atoms with Crippen LogP contribution in [0.15, 0.2) is 48.8 Å². The summed E-state index contributed by atoms with van der Waals surface area (Å²) in [6, 6.07) is 9.51. The number of piperidine rings is 1. The average Bonchev–Trinajstić information content (AvgIpc) is 3.26. The quantitative estimate of drug-likeness (QED) is 0.545. The summed E-state index contributed by atoms with van der Waals surface area (Å²) in [6.07, 6.45) is 12.1. The first-order valence-electron chi connectivity index (χ1n) is 10.0. The van der Waals surface area contributed by atoms with E-state index >= 15 is 0 Å². The van der Waals surface area contributed by atoms with E-state index in [2.05, 4.69) is 15.5 Å². The van der Waals surface area contributed by atoms with Gasteiger partial charge in [0.15, 0.2) is 0 Å². The number of hydrogen-bond donors (Lipinski definition) is 2. The van der Waals surface area contributed by atoms with Gasteiger partial charge in [-0.3, -0.25) is 14.7 Å². The van der Waals surface area contributed by atoms with Gasteiger partial charge >= 0.3 is 0 Å². The van der Waals surface area contributed by atoms with Gasteiger partial charge in [0, 0.05) is 43.0 Å². The number of aromatic amines is 1. The number of carbonyl (C=O) groups is 2. The highest BCUT2D eigenvalue weighted by atomic mass is 16.2. The first-order chi connectivity index (χ1) is 13.7. The number of aromatic nitrogens is 2. The lowest BCUT2D eigenvalue weighted by Gasteiger charge is -2.32. The van der Waals surface area contributed by atoms with Gasteiger partial charge in [-0.05, 0) is 43.4 Å². The molecular formula is C22H28N4O2. The molecule has 0 radical (unpaired) electrons. The molecule has 1 aromatic heterocycles. The smallest absolute Gasteiger partial charge is 0.253 e. The van der Waals surface area contributed by atoms with Gasteiger partial charge in [-0.25, -0.2) is 0 Å². The molecular weight excluding hydrogens is 352 g/mol. The lowest BCUT2D eigenvalue weighted by molar-refractivity contribution is -0.116. The number of rotatable bonds is 8. The van der Waals surface area contributed by atoms with Crippen molar-refractivity contribution >= 4 is 17.9 Å². The van der Waals surface area contributed by atoms with Crippen LogP contribution < -0.4 is 5.32 Å². The number of H-pyrrole nitrogens is 1. The minimum atomic E-state index is -0.0751. The van der Waals surface area contributed by atoms with Gasteiger partial charge in [0.25, 0.3) is 5.91 Å². The summed E-state index contributed by atoms with van der Waals surface area (Å²) in [7, 11) is 0. The van der Waals surface area contributed by atoms with Gasteiger partial charge in [0.2, 0.25) is 5.91 Å². The number of nitrogens with one attached hydrogen (secondary N) is 2. The maximum absolute atomic E-state index is 12.5. The Bertz CT molecular complexity index is 763. The van der Waals surface area contributed by atoms with Gasteiger partial charge in [-0.2, -0.15) is 5.10 Å². The Morgan fingerprint density at radius 3 is 2.68 bits per heavy atom. The Balaban J connectivity index is 1.26. The second kappa shape index (κ2) is 10.4. The van der Waals surface area contributed by atoms with Crippen molar-refractivity contribution in [3.8, 4) is 0 Å². The summed E-state index contributed by atoms with van der Waals surface area (Å²) in [4.78, 5) is 26.2. The maximum Gasteiger partial charge on any atom is 0.253 e. The van der Waals surface area contributed by atoms with Gasteiger partial charge in [0.05, 0.1) is 6.20 Å². The van der Waals surface area contributed by atoms with Crippen molar-refractivity contribution in [1.29, 1.82) is 0 Å². The van der Waals surface area contributed by atoms with Gasteiger partial charge in [-0.1, -0.05) is 31.0 Å². The van der Waals surface area contributed by atoms with Gasteiger partial charge in [0.1, 0.15) is 0 Å². The fourth-order valence-electron chi connectivity index (χ4n) is 3.54. The van der Waals surface area contributed by atoms with E-state index in [-0.39, 0.29) is 11.8 Å². The fourth-order valence-corrected chi connectivity index (χ4v) is 3.54. The van der Waals surface area contributed by atoms with Crippen LogP contribution in [0.2, 0.25) is 0 Å². The van der Waals surface area contributed by atoms with E-state index < -0.39 is 0 Å². The molecule has 28 heavy (non-hydrogen) atoms. The normalized spacial score (nSPS) is 15.1. The Kier molecular flexibility index (Phi) is 7.41. The summed E-state index contributed by atoms with van der Waals surface area (Å²) < 4.78 is 0. The number of likely N-dealkylation sites (tertiary alicyclic amines) is 1. The molecule has 3 rings (SSSR count). The average molecular weight is 380 g/mol. The zero-order valence-electron chi connectivity index (χ0n) is 16.1. The lowest BCUT2D eigenvalue weighted by Crippen LogP contribution is -2.38. The number of amides is 2. The van der Waals surface area contributed by atoms with Crippen molar-refractivity contribution in [2.75, 3.05) is 19.6 Å². The molecule has 1 fully saturated rings. The van der Waals surface area contributed by atoms with Crippen LogP contribution in [0.3, 0.4) is 0 Å². The molecule has 148 valence electrons. The standard InChI is InChI=1S/C22H28N4O2/c27-21(10-9-19-16-24-25-17-19)23-13-5-4-6-18-11-14-26(15-12-18)22(28)20-7-2-1-3-8-20/h1-3,7-10,16-18H,4-6,11-15H2,(H,23,27)(H,24,25)/b10-9+. The van der Waals surface area contributed by atoms with Crippen LogP contribution in [-0.4, -0.2) is 46.5 Å². The molecule has 0 spiro atoms. The van der Waals surface area contributed by atoms with Gasteiger partial charge < -0.3 is 10.2 Å². The van der Waals surface area contributed by atoms with E-state index in [4.69, 9.17) is 0 Å². The number of unbranched alkanes of at least 4 members (excludes halogenated alkanes) is 1. The monoisotopic (exact) mass is 380 g/mol. The summed E-state index contributed by atoms with van der Waals surface area (Å²) in [5, 5.41) is 9.45. The zero-order valence-corrected chi connectivity index (χ0v) is 16.1. The van der Waals surface area contributed by atoms with Crippen molar-refractivity contribution < 1.29 is 9.59 Å². The highest BCUT2D eigenvalue weighted by molar-refractivity contribution is 5.94. The van der Waals surface area contributed by atoms with E-state index in [0.717, 1.165) is 56.3 Å². The SMILES string of the molecule is O=C(/C=C/c1cn[nH]c1)NCCCCC1CCN(C(=O)c2ccccc2)CC1. The predicted molar refractivity (Wildman–Crippen MR) is 110 cm³/mol. The molecule has 0 aliphatic carbocycles. The van der Waals surface area contributed by atoms with E-state index in [1.807, 2.05) is 35.2 Å². The Morgan fingerprint density at radius 2 is 1.96 bits per heavy atom. The van der Waals surface area contributed by atoms with Crippen LogP contribution in [0, 0.1) is 5.92 Å². The molecule has 2 amide bonds. The van der Waals surface area contributed by atoms with E-state index in [1.54, 1.807) is 18.5 Å². The van der Waals surface area contributed by atoms with Crippen molar-refractivity contribution in [3.63, 3.8) is 0 Å². The Morgan fingerprint density at radius 1 is 1.18 bits per heavy atom. The van der Waals surface area contributed by atoms with Crippen molar-refractivity contribution in [3.05, 3.63) is 59.9 Å². The second-order valence-electron chi connectivity index (χ2n) is 7.25. The summed E-state index contributed by atoms with van der Waals surface area (Å²) in [5.41, 5.74) is 1.66. The van der Waals surface area contributed by atoms with E-state index in [1.165, 1.54) is 6.08 Å². The third-order valence-electron chi connectivity index (χ3n) is 5.21. The number of hydrogen-bond acceptors (Lipinski definition) is 3. The zero-order chi connectivity index (χ0) is 19.6. The number of nitrogens with zero attached hydrogens (tertiary/aromatic N) is 2. The predicted octanol–water partition coefficient (Wildman–Crippen LogP) is 3.26. The fraction of sp³-hybridized carbons (Fsp3) is 0.409. The molecule has 1 saturated heterocycles. The number of carbonyl (C=O) groups excluding carboxylic acids is 2. The molecule has 0 atom stereocenters. The summed E-state index contributed by atoms with van der Waals surface area (Å²) >= 11 is 0. The molecule has 1 aliphatic heterocycles. The molecule has 0 saturated carbocycles. The van der Waals surface area contributed by atoms with Crippen molar-refractivity contribution in [2.45, 2.75) is 32.1 Å². The molecule has 2 N–H and O–H groups in total. The first-order valence-corrected chi connectivity index (χ1v) is 10.0. The maximum atomic E-state index is 12.5. The van der Waals surface area contributed by atoms with Crippen LogP contribution in [0.5, 0.6) is 0 Å².